The van der Waals surface area contributed by atoms with Gasteiger partial charge in [0.05, 0.1) is 18.9 Å². The van der Waals surface area contributed by atoms with Gasteiger partial charge in [0.15, 0.2) is 0 Å². The lowest BCUT2D eigenvalue weighted by molar-refractivity contribution is 0.0926. The van der Waals surface area contributed by atoms with Gasteiger partial charge in [0, 0.05) is 30.7 Å². The third kappa shape index (κ3) is 2.28. The van der Waals surface area contributed by atoms with Gasteiger partial charge in [-0.1, -0.05) is 0 Å². The van der Waals surface area contributed by atoms with Crippen LogP contribution in [-0.2, 0) is 11.2 Å². The van der Waals surface area contributed by atoms with E-state index in [-0.39, 0.29) is 12.0 Å². The summed E-state index contributed by atoms with van der Waals surface area (Å²) >= 11 is 0. The van der Waals surface area contributed by atoms with Crippen LogP contribution in [0.15, 0.2) is 12.3 Å². The van der Waals surface area contributed by atoms with Gasteiger partial charge in [-0.15, -0.1) is 0 Å². The first-order valence-corrected chi connectivity index (χ1v) is 5.88. The van der Waals surface area contributed by atoms with Gasteiger partial charge in [0.25, 0.3) is 0 Å². The molecule has 4 heteroatoms. The predicted molar refractivity (Wildman–Crippen MR) is 61.3 cm³/mol. The summed E-state index contributed by atoms with van der Waals surface area (Å²) in [5.41, 5.74) is 0.948. The molecular weight excluding hydrogens is 204 g/mol. The zero-order valence-corrected chi connectivity index (χ0v) is 10.0. The Bertz CT molecular complexity index is 341. The van der Waals surface area contributed by atoms with Crippen molar-refractivity contribution in [3.63, 3.8) is 0 Å². The summed E-state index contributed by atoms with van der Waals surface area (Å²) in [6.07, 6.45) is 3.74. The normalized spacial score (nSPS) is 25.5. The zero-order chi connectivity index (χ0) is 11.6. The van der Waals surface area contributed by atoms with Crippen molar-refractivity contribution in [3.05, 3.63) is 18.0 Å². The molecule has 1 N–H and O–H groups in total. The van der Waals surface area contributed by atoms with Crippen molar-refractivity contribution in [1.82, 2.24) is 9.78 Å². The van der Waals surface area contributed by atoms with Crippen molar-refractivity contribution in [1.29, 1.82) is 0 Å². The molecule has 0 aromatic carbocycles. The van der Waals surface area contributed by atoms with Gasteiger partial charge in [0.1, 0.15) is 0 Å². The Morgan fingerprint density at radius 3 is 2.94 bits per heavy atom. The number of rotatable bonds is 4. The molecule has 4 nitrogen and oxygen atoms in total. The van der Waals surface area contributed by atoms with E-state index >= 15 is 0 Å². The van der Waals surface area contributed by atoms with Crippen LogP contribution in [0.25, 0.3) is 0 Å². The molecule has 0 bridgehead atoms. The molecule has 2 rings (SSSR count). The van der Waals surface area contributed by atoms with E-state index in [1.165, 1.54) is 0 Å². The van der Waals surface area contributed by atoms with Gasteiger partial charge in [-0.05, 0) is 26.3 Å². The lowest BCUT2D eigenvalue weighted by atomic mass is 9.83. The summed E-state index contributed by atoms with van der Waals surface area (Å²) < 4.78 is 7.34. The van der Waals surface area contributed by atoms with Crippen molar-refractivity contribution in [2.75, 3.05) is 19.8 Å². The fourth-order valence-electron chi connectivity index (χ4n) is 2.11. The molecule has 2 heterocycles. The van der Waals surface area contributed by atoms with Crippen LogP contribution in [-0.4, -0.2) is 34.7 Å². The Morgan fingerprint density at radius 1 is 1.62 bits per heavy atom. The van der Waals surface area contributed by atoms with Crippen LogP contribution >= 0.6 is 0 Å². The van der Waals surface area contributed by atoms with E-state index < -0.39 is 0 Å². The van der Waals surface area contributed by atoms with Crippen molar-refractivity contribution >= 4 is 0 Å². The van der Waals surface area contributed by atoms with Gasteiger partial charge in [-0.25, -0.2) is 0 Å². The minimum Gasteiger partial charge on any atom is -0.396 e. The third-order valence-electron chi connectivity index (χ3n) is 3.27. The lowest BCUT2D eigenvalue weighted by Gasteiger charge is -2.23. The topological polar surface area (TPSA) is 47.3 Å². The smallest absolute Gasteiger partial charge is 0.0632 e. The summed E-state index contributed by atoms with van der Waals surface area (Å²) in [6, 6.07) is 2.43. The quantitative estimate of drug-likeness (QED) is 0.841. The SMILES string of the molecule is CC(C)n1ccc(CC2(CO)CCOC2)n1. The highest BCUT2D eigenvalue weighted by atomic mass is 16.5. The van der Waals surface area contributed by atoms with Crippen LogP contribution in [0.2, 0.25) is 0 Å². The Hall–Kier alpha value is -0.870. The first-order valence-electron chi connectivity index (χ1n) is 5.88. The van der Waals surface area contributed by atoms with E-state index in [1.807, 2.05) is 16.9 Å². The number of aromatic nitrogens is 2. The molecule has 1 atom stereocenters. The monoisotopic (exact) mass is 224 g/mol. The van der Waals surface area contributed by atoms with Crippen LogP contribution in [0.3, 0.4) is 0 Å². The highest BCUT2D eigenvalue weighted by molar-refractivity contribution is 5.05. The van der Waals surface area contributed by atoms with Gasteiger partial charge in [-0.2, -0.15) is 5.10 Å². The van der Waals surface area contributed by atoms with Gasteiger partial charge in [0.2, 0.25) is 0 Å². The molecule has 0 amide bonds. The lowest BCUT2D eigenvalue weighted by Crippen LogP contribution is -2.28. The summed E-state index contributed by atoms with van der Waals surface area (Å²) in [6.45, 7) is 5.81. The average Bonchev–Trinajstić information content (AvgIpc) is 2.88. The molecule has 1 fully saturated rings. The summed E-state index contributed by atoms with van der Waals surface area (Å²) in [4.78, 5) is 0. The molecule has 0 spiro atoms. The highest BCUT2D eigenvalue weighted by Gasteiger charge is 2.35. The van der Waals surface area contributed by atoms with Crippen LogP contribution in [0.4, 0.5) is 0 Å². The molecule has 1 aliphatic heterocycles. The van der Waals surface area contributed by atoms with E-state index in [4.69, 9.17) is 4.74 Å². The molecule has 0 radical (unpaired) electrons. The van der Waals surface area contributed by atoms with Crippen LogP contribution in [0.5, 0.6) is 0 Å². The van der Waals surface area contributed by atoms with E-state index in [2.05, 4.69) is 18.9 Å². The van der Waals surface area contributed by atoms with Crippen molar-refractivity contribution in [2.24, 2.45) is 5.41 Å². The van der Waals surface area contributed by atoms with Gasteiger partial charge < -0.3 is 9.84 Å². The van der Waals surface area contributed by atoms with Gasteiger partial charge in [-0.3, -0.25) is 4.68 Å². The minimum atomic E-state index is -0.101. The summed E-state index contributed by atoms with van der Waals surface area (Å²) in [5, 5.41) is 14.0. The number of aliphatic hydroxyl groups is 1. The van der Waals surface area contributed by atoms with Gasteiger partial charge >= 0.3 is 0 Å². The Balaban J connectivity index is 2.07. The van der Waals surface area contributed by atoms with Crippen LogP contribution in [0, 0.1) is 5.41 Å². The Kier molecular flexibility index (Phi) is 3.30. The van der Waals surface area contributed by atoms with Crippen LogP contribution in [0.1, 0.15) is 32.0 Å². The molecule has 0 saturated carbocycles. The second kappa shape index (κ2) is 4.55. The molecular formula is C12H20N2O2. The Morgan fingerprint density at radius 2 is 2.44 bits per heavy atom. The van der Waals surface area contributed by atoms with E-state index in [1.54, 1.807) is 0 Å². The fraction of sp³-hybridized carbons (Fsp3) is 0.750. The molecule has 1 aromatic heterocycles. The van der Waals surface area contributed by atoms with Crippen molar-refractivity contribution in [2.45, 2.75) is 32.7 Å². The van der Waals surface area contributed by atoms with Crippen LogP contribution < -0.4 is 0 Å². The second-order valence-corrected chi connectivity index (χ2v) is 5.02. The first-order chi connectivity index (χ1) is 7.65. The maximum Gasteiger partial charge on any atom is 0.0632 e. The number of hydrogen-bond acceptors (Lipinski definition) is 3. The Labute approximate surface area is 96.2 Å². The molecule has 1 saturated heterocycles. The first kappa shape index (κ1) is 11.6. The second-order valence-electron chi connectivity index (χ2n) is 5.02. The summed E-state index contributed by atoms with van der Waals surface area (Å²) in [5.74, 6) is 0. The van der Waals surface area contributed by atoms with Crippen molar-refractivity contribution in [3.8, 4) is 0 Å². The van der Waals surface area contributed by atoms with E-state index in [0.717, 1.165) is 25.1 Å². The largest absolute Gasteiger partial charge is 0.396 e. The maximum atomic E-state index is 9.48. The maximum absolute atomic E-state index is 9.48. The highest BCUT2D eigenvalue weighted by Crippen LogP contribution is 2.31. The predicted octanol–water partition coefficient (Wildman–Crippen LogP) is 1.41. The van der Waals surface area contributed by atoms with E-state index in [9.17, 15) is 5.11 Å². The number of nitrogens with zero attached hydrogens (tertiary/aromatic N) is 2. The molecule has 90 valence electrons. The minimum absolute atomic E-state index is 0.101. The fourth-order valence-corrected chi connectivity index (χ4v) is 2.11. The molecule has 0 aliphatic carbocycles. The molecule has 1 aliphatic rings. The third-order valence-corrected chi connectivity index (χ3v) is 3.27. The average molecular weight is 224 g/mol. The number of aliphatic hydroxyl groups excluding tert-OH is 1. The standard InChI is InChI=1S/C12H20N2O2/c1-10(2)14-5-3-11(13-14)7-12(8-15)4-6-16-9-12/h3,5,10,15H,4,6-9H2,1-2H3. The zero-order valence-electron chi connectivity index (χ0n) is 10.0. The number of ether oxygens (including phenoxy) is 1. The van der Waals surface area contributed by atoms with Crippen molar-refractivity contribution < 1.29 is 9.84 Å². The molecule has 1 unspecified atom stereocenters. The number of hydrogen-bond donors (Lipinski definition) is 1. The molecule has 1 aromatic rings. The summed E-state index contributed by atoms with van der Waals surface area (Å²) in [7, 11) is 0. The molecule has 16 heavy (non-hydrogen) atoms. The van der Waals surface area contributed by atoms with E-state index in [0.29, 0.717) is 12.6 Å².